The quantitative estimate of drug-likeness (QED) is 0.587. The van der Waals surface area contributed by atoms with Crippen LogP contribution in [0.2, 0.25) is 0 Å². The number of nitrogens with zero attached hydrogens (tertiary/aromatic N) is 1. The zero-order valence-corrected chi connectivity index (χ0v) is 9.34. The average Bonchev–Trinajstić information content (AvgIpc) is 2.60. The fourth-order valence-electron chi connectivity index (χ4n) is 2.01. The summed E-state index contributed by atoms with van der Waals surface area (Å²) >= 11 is 4.23. The van der Waals surface area contributed by atoms with Crippen LogP contribution in [0.25, 0.3) is 0 Å². The Morgan fingerprint density at radius 2 is 1.71 bits per heavy atom. The smallest absolute Gasteiger partial charge is 0.0240 e. The van der Waals surface area contributed by atoms with Crippen molar-refractivity contribution in [3.63, 3.8) is 0 Å². The minimum Gasteiger partial charge on any atom is -0.295 e. The highest BCUT2D eigenvalue weighted by Gasteiger charge is 2.16. The number of fused-ring (bicyclic) bond motifs is 1. The molecule has 1 heterocycles. The highest BCUT2D eigenvalue weighted by atomic mass is 32.1. The van der Waals surface area contributed by atoms with Crippen LogP contribution in [0.1, 0.15) is 24.0 Å². The SMILES string of the molecule is SCCCCN1Cc2ccccc2C1. The van der Waals surface area contributed by atoms with Crippen LogP contribution in [-0.4, -0.2) is 17.2 Å². The molecule has 2 rings (SSSR count). The summed E-state index contributed by atoms with van der Waals surface area (Å²) in [5.74, 6) is 1.01. The molecule has 0 bridgehead atoms. The normalized spacial score (nSPS) is 15.8. The molecule has 0 N–H and O–H groups in total. The Kier molecular flexibility index (Phi) is 3.49. The van der Waals surface area contributed by atoms with Crippen molar-refractivity contribution in [2.45, 2.75) is 25.9 Å². The van der Waals surface area contributed by atoms with Gasteiger partial charge in [-0.25, -0.2) is 0 Å². The van der Waals surface area contributed by atoms with Crippen LogP contribution < -0.4 is 0 Å². The molecule has 0 unspecified atom stereocenters. The van der Waals surface area contributed by atoms with Crippen LogP contribution in [0.3, 0.4) is 0 Å². The second-order valence-corrected chi connectivity index (χ2v) is 4.36. The van der Waals surface area contributed by atoms with Crippen molar-refractivity contribution in [2.75, 3.05) is 12.3 Å². The lowest BCUT2D eigenvalue weighted by Crippen LogP contribution is -2.17. The van der Waals surface area contributed by atoms with Crippen LogP contribution in [0, 0.1) is 0 Å². The predicted molar refractivity (Wildman–Crippen MR) is 63.6 cm³/mol. The molecule has 0 amide bonds. The molecular formula is C12H17NS. The van der Waals surface area contributed by atoms with Crippen molar-refractivity contribution < 1.29 is 0 Å². The molecule has 0 aromatic heterocycles. The summed E-state index contributed by atoms with van der Waals surface area (Å²) in [5, 5.41) is 0. The van der Waals surface area contributed by atoms with Gasteiger partial charge in [-0.15, -0.1) is 0 Å². The van der Waals surface area contributed by atoms with E-state index in [1.807, 2.05) is 0 Å². The number of benzene rings is 1. The lowest BCUT2D eigenvalue weighted by atomic mass is 10.1. The van der Waals surface area contributed by atoms with Gasteiger partial charge in [0.2, 0.25) is 0 Å². The lowest BCUT2D eigenvalue weighted by Gasteiger charge is -2.13. The van der Waals surface area contributed by atoms with Gasteiger partial charge in [-0.05, 0) is 36.3 Å². The van der Waals surface area contributed by atoms with Crippen LogP contribution >= 0.6 is 12.6 Å². The van der Waals surface area contributed by atoms with Crippen LogP contribution in [0.5, 0.6) is 0 Å². The first kappa shape index (κ1) is 10.1. The number of unbranched alkanes of at least 4 members (excludes halogenated alkanes) is 1. The number of thiol groups is 1. The van der Waals surface area contributed by atoms with Crippen molar-refractivity contribution in [1.82, 2.24) is 4.90 Å². The van der Waals surface area contributed by atoms with Gasteiger partial charge in [0.15, 0.2) is 0 Å². The van der Waals surface area contributed by atoms with Crippen molar-refractivity contribution in [3.8, 4) is 0 Å². The van der Waals surface area contributed by atoms with E-state index in [0.717, 1.165) is 18.8 Å². The second kappa shape index (κ2) is 4.85. The van der Waals surface area contributed by atoms with Gasteiger partial charge in [0.25, 0.3) is 0 Å². The molecule has 1 aromatic rings. The number of rotatable bonds is 4. The number of hydrogen-bond acceptors (Lipinski definition) is 2. The first-order valence-electron chi connectivity index (χ1n) is 5.30. The molecule has 0 saturated carbocycles. The van der Waals surface area contributed by atoms with Gasteiger partial charge in [0.05, 0.1) is 0 Å². The lowest BCUT2D eigenvalue weighted by molar-refractivity contribution is 0.280. The van der Waals surface area contributed by atoms with Gasteiger partial charge < -0.3 is 0 Å². The largest absolute Gasteiger partial charge is 0.295 e. The summed E-state index contributed by atoms with van der Waals surface area (Å²) in [6, 6.07) is 8.76. The predicted octanol–water partition coefficient (Wildman–Crippen LogP) is 2.71. The van der Waals surface area contributed by atoms with E-state index in [2.05, 4.69) is 41.8 Å². The summed E-state index contributed by atoms with van der Waals surface area (Å²) in [5.41, 5.74) is 3.02. The third kappa shape index (κ3) is 2.31. The Balaban J connectivity index is 1.86. The van der Waals surface area contributed by atoms with E-state index in [9.17, 15) is 0 Å². The average molecular weight is 207 g/mol. The summed E-state index contributed by atoms with van der Waals surface area (Å²) < 4.78 is 0. The maximum atomic E-state index is 4.23. The van der Waals surface area contributed by atoms with E-state index < -0.39 is 0 Å². The van der Waals surface area contributed by atoms with Gasteiger partial charge in [-0.1, -0.05) is 24.3 Å². The van der Waals surface area contributed by atoms with Crippen LogP contribution in [-0.2, 0) is 13.1 Å². The maximum absolute atomic E-state index is 4.23. The van der Waals surface area contributed by atoms with Gasteiger partial charge in [0.1, 0.15) is 0 Å². The molecule has 2 heteroatoms. The summed E-state index contributed by atoms with van der Waals surface area (Å²) in [7, 11) is 0. The topological polar surface area (TPSA) is 3.24 Å². The zero-order chi connectivity index (χ0) is 9.80. The summed E-state index contributed by atoms with van der Waals surface area (Å²) in [6.45, 7) is 3.50. The van der Waals surface area contributed by atoms with E-state index in [0.29, 0.717) is 0 Å². The van der Waals surface area contributed by atoms with Gasteiger partial charge in [-0.3, -0.25) is 4.90 Å². The molecular weight excluding hydrogens is 190 g/mol. The fourth-order valence-corrected chi connectivity index (χ4v) is 2.23. The Hall–Kier alpha value is -0.470. The molecule has 1 aliphatic rings. The first-order chi connectivity index (χ1) is 6.90. The molecule has 76 valence electrons. The molecule has 0 saturated heterocycles. The number of hydrogen-bond donors (Lipinski definition) is 1. The van der Waals surface area contributed by atoms with Gasteiger partial charge >= 0.3 is 0 Å². The summed E-state index contributed by atoms with van der Waals surface area (Å²) in [6.07, 6.45) is 2.51. The van der Waals surface area contributed by atoms with Gasteiger partial charge in [-0.2, -0.15) is 12.6 Å². The maximum Gasteiger partial charge on any atom is 0.0240 e. The third-order valence-electron chi connectivity index (χ3n) is 2.79. The zero-order valence-electron chi connectivity index (χ0n) is 8.45. The molecule has 0 radical (unpaired) electrons. The van der Waals surface area contributed by atoms with Crippen molar-refractivity contribution >= 4 is 12.6 Å². The molecule has 0 spiro atoms. The summed E-state index contributed by atoms with van der Waals surface area (Å²) in [4.78, 5) is 2.52. The highest BCUT2D eigenvalue weighted by molar-refractivity contribution is 7.80. The van der Waals surface area contributed by atoms with Crippen molar-refractivity contribution in [2.24, 2.45) is 0 Å². The van der Waals surface area contributed by atoms with E-state index in [-0.39, 0.29) is 0 Å². The molecule has 0 atom stereocenters. The Labute approximate surface area is 91.5 Å². The van der Waals surface area contributed by atoms with Crippen LogP contribution in [0.15, 0.2) is 24.3 Å². The molecule has 0 fully saturated rings. The molecule has 1 nitrogen and oxygen atoms in total. The van der Waals surface area contributed by atoms with E-state index in [1.54, 1.807) is 0 Å². The highest BCUT2D eigenvalue weighted by Crippen LogP contribution is 2.22. The third-order valence-corrected chi connectivity index (χ3v) is 3.10. The Morgan fingerprint density at radius 1 is 1.07 bits per heavy atom. The Bertz CT molecular complexity index is 273. The fraction of sp³-hybridized carbons (Fsp3) is 0.500. The van der Waals surface area contributed by atoms with Crippen LogP contribution in [0.4, 0.5) is 0 Å². The molecule has 1 aromatic carbocycles. The van der Waals surface area contributed by atoms with E-state index >= 15 is 0 Å². The second-order valence-electron chi connectivity index (χ2n) is 3.91. The van der Waals surface area contributed by atoms with Gasteiger partial charge in [0, 0.05) is 13.1 Å². The monoisotopic (exact) mass is 207 g/mol. The Morgan fingerprint density at radius 3 is 2.29 bits per heavy atom. The minimum absolute atomic E-state index is 1.01. The standard InChI is InChI=1S/C12H17NS/c14-8-4-3-7-13-9-11-5-1-2-6-12(11)10-13/h1-2,5-6,14H,3-4,7-10H2. The van der Waals surface area contributed by atoms with Crippen molar-refractivity contribution in [3.05, 3.63) is 35.4 Å². The minimum atomic E-state index is 1.01. The first-order valence-corrected chi connectivity index (χ1v) is 5.93. The molecule has 14 heavy (non-hydrogen) atoms. The van der Waals surface area contributed by atoms with Crippen molar-refractivity contribution in [1.29, 1.82) is 0 Å². The van der Waals surface area contributed by atoms with E-state index in [4.69, 9.17) is 0 Å². The van der Waals surface area contributed by atoms with E-state index in [1.165, 1.54) is 30.5 Å². The molecule has 1 aliphatic heterocycles. The molecule has 0 aliphatic carbocycles.